The third-order valence-corrected chi connectivity index (χ3v) is 6.15. The average Bonchev–Trinajstić information content (AvgIpc) is 3.32. The maximum absolute atomic E-state index is 13.6. The number of hydrogen-bond donors (Lipinski definition) is 1. The number of ether oxygens (including phenoxy) is 1. The van der Waals surface area contributed by atoms with Crippen molar-refractivity contribution in [2.24, 2.45) is 0 Å². The van der Waals surface area contributed by atoms with Gasteiger partial charge >= 0.3 is 0 Å². The Hall–Kier alpha value is -4.06. The van der Waals surface area contributed by atoms with Gasteiger partial charge in [0.05, 0.1) is 30.7 Å². The normalized spacial score (nSPS) is 13.3. The molecule has 4 aromatic rings. The zero-order chi connectivity index (χ0) is 23.3. The molecule has 3 aromatic carbocycles. The fourth-order valence-electron chi connectivity index (χ4n) is 4.49. The summed E-state index contributed by atoms with van der Waals surface area (Å²) in [4.78, 5) is 25.3. The number of benzene rings is 3. The van der Waals surface area contributed by atoms with Crippen LogP contribution in [0.3, 0.4) is 0 Å². The molecule has 1 amide bonds. The lowest BCUT2D eigenvalue weighted by molar-refractivity contribution is 0.0747. The van der Waals surface area contributed by atoms with E-state index in [-0.39, 0.29) is 5.91 Å². The first kappa shape index (κ1) is 21.8. The Morgan fingerprint density at radius 2 is 1.82 bits per heavy atom. The molecule has 1 aromatic heterocycles. The van der Waals surface area contributed by atoms with E-state index in [1.807, 2.05) is 60.5 Å². The molecule has 0 spiro atoms. The lowest BCUT2D eigenvalue weighted by Crippen LogP contribution is -2.35. The molecule has 0 saturated carbocycles. The third kappa shape index (κ3) is 4.53. The van der Waals surface area contributed by atoms with Crippen LogP contribution >= 0.6 is 0 Å². The molecule has 0 aliphatic carbocycles. The Morgan fingerprint density at radius 1 is 1.00 bits per heavy atom. The standard InChI is InChI=1S/C28H28N4O2/c1-2-34-27-11-7-6-10-25(27)28(33)32-15-14-31(19-24-17-29-20-30-24)26-13-12-22(16-23(26)18-32)21-8-4-3-5-9-21/h3-13,16-17,20H,2,14-15,18-19H2,1H3,(H,29,30). The van der Waals surface area contributed by atoms with E-state index in [0.717, 1.165) is 34.6 Å². The number of carbonyl (C=O) groups is 1. The summed E-state index contributed by atoms with van der Waals surface area (Å²) < 4.78 is 5.75. The van der Waals surface area contributed by atoms with Crippen LogP contribution < -0.4 is 9.64 Å². The van der Waals surface area contributed by atoms with Crippen molar-refractivity contribution in [3.63, 3.8) is 0 Å². The molecule has 2 heterocycles. The molecule has 0 unspecified atom stereocenters. The number of amides is 1. The van der Waals surface area contributed by atoms with Gasteiger partial charge in [0.25, 0.3) is 5.91 Å². The number of nitrogens with zero attached hydrogens (tertiary/aromatic N) is 3. The molecule has 0 radical (unpaired) electrons. The topological polar surface area (TPSA) is 61.5 Å². The summed E-state index contributed by atoms with van der Waals surface area (Å²) >= 11 is 0. The molecule has 0 atom stereocenters. The lowest BCUT2D eigenvalue weighted by atomic mass is 10.0. The van der Waals surface area contributed by atoms with Gasteiger partial charge < -0.3 is 19.5 Å². The smallest absolute Gasteiger partial charge is 0.257 e. The molecule has 6 heteroatoms. The Balaban J connectivity index is 1.51. The largest absolute Gasteiger partial charge is 0.493 e. The van der Waals surface area contributed by atoms with Crippen LogP contribution in [0, 0.1) is 0 Å². The zero-order valence-electron chi connectivity index (χ0n) is 19.3. The van der Waals surface area contributed by atoms with Crippen molar-refractivity contribution in [1.82, 2.24) is 14.9 Å². The summed E-state index contributed by atoms with van der Waals surface area (Å²) in [5.74, 6) is 0.621. The Labute approximate surface area is 199 Å². The Morgan fingerprint density at radius 3 is 2.62 bits per heavy atom. The van der Waals surface area contributed by atoms with Crippen LogP contribution in [0.4, 0.5) is 5.69 Å². The Kier molecular flexibility index (Phi) is 6.29. The van der Waals surface area contributed by atoms with E-state index >= 15 is 0 Å². The van der Waals surface area contributed by atoms with Crippen LogP contribution in [0.25, 0.3) is 11.1 Å². The number of hydrogen-bond acceptors (Lipinski definition) is 4. The molecular weight excluding hydrogens is 424 g/mol. The van der Waals surface area contributed by atoms with Crippen LogP contribution in [0.1, 0.15) is 28.5 Å². The van der Waals surface area contributed by atoms with Gasteiger partial charge in [0.2, 0.25) is 0 Å². The van der Waals surface area contributed by atoms with Gasteiger partial charge in [-0.15, -0.1) is 0 Å². The minimum Gasteiger partial charge on any atom is -0.493 e. The van der Waals surface area contributed by atoms with Crippen molar-refractivity contribution >= 4 is 11.6 Å². The minimum atomic E-state index is -0.0106. The molecule has 1 N–H and O–H groups in total. The van der Waals surface area contributed by atoms with E-state index in [0.29, 0.717) is 37.6 Å². The number of H-pyrrole nitrogens is 1. The van der Waals surface area contributed by atoms with Gasteiger partial charge in [-0.05, 0) is 47.9 Å². The summed E-state index contributed by atoms with van der Waals surface area (Å²) in [6.07, 6.45) is 3.55. The van der Waals surface area contributed by atoms with Crippen molar-refractivity contribution in [1.29, 1.82) is 0 Å². The van der Waals surface area contributed by atoms with Crippen LogP contribution in [0.15, 0.2) is 85.3 Å². The SMILES string of the molecule is CCOc1ccccc1C(=O)N1CCN(Cc2cnc[nH]2)c2ccc(-c3ccccc3)cc2C1. The molecule has 0 fully saturated rings. The number of rotatable bonds is 6. The van der Waals surface area contributed by atoms with Crippen molar-refractivity contribution in [3.8, 4) is 16.9 Å². The summed E-state index contributed by atoms with van der Waals surface area (Å²) in [7, 11) is 0. The molecular formula is C28H28N4O2. The summed E-state index contributed by atoms with van der Waals surface area (Å²) in [5.41, 5.74) is 6.22. The predicted molar refractivity (Wildman–Crippen MR) is 134 cm³/mol. The average molecular weight is 453 g/mol. The highest BCUT2D eigenvalue weighted by molar-refractivity contribution is 5.97. The van der Waals surface area contributed by atoms with Crippen LogP contribution in [0.2, 0.25) is 0 Å². The molecule has 1 aliphatic heterocycles. The molecule has 34 heavy (non-hydrogen) atoms. The molecule has 6 nitrogen and oxygen atoms in total. The van der Waals surface area contributed by atoms with Crippen molar-refractivity contribution < 1.29 is 9.53 Å². The summed E-state index contributed by atoms with van der Waals surface area (Å²) in [6.45, 7) is 5.03. The molecule has 172 valence electrons. The van der Waals surface area contributed by atoms with Crippen LogP contribution in [0.5, 0.6) is 5.75 Å². The van der Waals surface area contributed by atoms with E-state index in [1.54, 1.807) is 6.33 Å². The van der Waals surface area contributed by atoms with Crippen molar-refractivity contribution in [3.05, 3.63) is 102 Å². The molecule has 5 rings (SSSR count). The Bertz CT molecular complexity index is 1250. The zero-order valence-corrected chi connectivity index (χ0v) is 19.3. The van der Waals surface area contributed by atoms with Gasteiger partial charge in [-0.2, -0.15) is 0 Å². The van der Waals surface area contributed by atoms with E-state index < -0.39 is 0 Å². The number of carbonyl (C=O) groups excluding carboxylic acids is 1. The van der Waals surface area contributed by atoms with Gasteiger partial charge in [-0.1, -0.05) is 48.5 Å². The fraction of sp³-hybridized carbons (Fsp3) is 0.214. The fourth-order valence-corrected chi connectivity index (χ4v) is 4.49. The van der Waals surface area contributed by atoms with Crippen LogP contribution in [-0.2, 0) is 13.1 Å². The monoisotopic (exact) mass is 452 g/mol. The number of para-hydroxylation sites is 1. The van der Waals surface area contributed by atoms with Gasteiger partial charge in [0.15, 0.2) is 0 Å². The van der Waals surface area contributed by atoms with Gasteiger partial charge in [0.1, 0.15) is 5.75 Å². The van der Waals surface area contributed by atoms with E-state index in [9.17, 15) is 4.79 Å². The number of imidazole rings is 1. The third-order valence-electron chi connectivity index (χ3n) is 6.15. The highest BCUT2D eigenvalue weighted by Gasteiger charge is 2.26. The van der Waals surface area contributed by atoms with E-state index in [1.165, 1.54) is 0 Å². The quantitative estimate of drug-likeness (QED) is 0.440. The first-order valence-electron chi connectivity index (χ1n) is 11.6. The summed E-state index contributed by atoms with van der Waals surface area (Å²) in [6, 6.07) is 24.4. The van der Waals surface area contributed by atoms with E-state index in [4.69, 9.17) is 4.74 Å². The molecule has 0 bridgehead atoms. The van der Waals surface area contributed by atoms with Gasteiger partial charge in [-0.3, -0.25) is 4.79 Å². The van der Waals surface area contributed by atoms with Crippen molar-refractivity contribution in [2.45, 2.75) is 20.0 Å². The second kappa shape index (κ2) is 9.83. The number of aromatic amines is 1. The first-order chi connectivity index (χ1) is 16.7. The van der Waals surface area contributed by atoms with E-state index in [2.05, 4.69) is 45.2 Å². The lowest BCUT2D eigenvalue weighted by Gasteiger charge is -2.24. The number of nitrogens with one attached hydrogen (secondary N) is 1. The predicted octanol–water partition coefficient (Wildman–Crippen LogP) is 5.14. The second-order valence-corrected chi connectivity index (χ2v) is 8.36. The number of anilines is 1. The van der Waals surface area contributed by atoms with Crippen molar-refractivity contribution in [2.75, 3.05) is 24.6 Å². The first-order valence-corrected chi connectivity index (χ1v) is 11.6. The maximum atomic E-state index is 13.6. The molecule has 1 aliphatic rings. The maximum Gasteiger partial charge on any atom is 0.257 e. The highest BCUT2D eigenvalue weighted by Crippen LogP contribution is 2.32. The second-order valence-electron chi connectivity index (χ2n) is 8.36. The minimum absolute atomic E-state index is 0.0106. The van der Waals surface area contributed by atoms with Gasteiger partial charge in [-0.25, -0.2) is 4.98 Å². The van der Waals surface area contributed by atoms with Crippen LogP contribution in [-0.4, -0.2) is 40.5 Å². The highest BCUT2D eigenvalue weighted by atomic mass is 16.5. The summed E-state index contributed by atoms with van der Waals surface area (Å²) in [5, 5.41) is 0. The van der Waals surface area contributed by atoms with Gasteiger partial charge in [0, 0.05) is 31.5 Å². The number of fused-ring (bicyclic) bond motifs is 1. The molecule has 0 saturated heterocycles. The number of aromatic nitrogens is 2.